The maximum atomic E-state index is 9.27. The molecule has 6 heteroatoms. The molecule has 0 bridgehead atoms. The summed E-state index contributed by atoms with van der Waals surface area (Å²) in [7, 11) is 0. The lowest BCUT2D eigenvalue weighted by molar-refractivity contribution is -0.190. The summed E-state index contributed by atoms with van der Waals surface area (Å²) < 4.78 is 13.7. The molecule has 0 aliphatic carbocycles. The van der Waals surface area contributed by atoms with Crippen LogP contribution in [-0.2, 0) is 21.8 Å². The third-order valence-electron chi connectivity index (χ3n) is 3.30. The van der Waals surface area contributed by atoms with Gasteiger partial charge < -0.3 is 19.1 Å². The summed E-state index contributed by atoms with van der Waals surface area (Å²) in [6.07, 6.45) is 4.93. The minimum atomic E-state index is -0.918. The van der Waals surface area contributed by atoms with Crippen LogP contribution in [0.3, 0.4) is 0 Å². The van der Waals surface area contributed by atoms with Gasteiger partial charge in [0.1, 0.15) is 6.10 Å². The Bertz CT molecular complexity index is 558. The Morgan fingerprint density at radius 1 is 1.40 bits per heavy atom. The van der Waals surface area contributed by atoms with Crippen LogP contribution in [0.4, 0.5) is 0 Å². The van der Waals surface area contributed by atoms with Crippen molar-refractivity contribution >= 4 is 11.6 Å². The van der Waals surface area contributed by atoms with E-state index in [-0.39, 0.29) is 12.7 Å². The monoisotopic (exact) mass is 294 g/mol. The number of ether oxygens (including phenoxy) is 2. The molecule has 0 unspecified atom stereocenters. The van der Waals surface area contributed by atoms with E-state index in [0.29, 0.717) is 18.2 Å². The minimum absolute atomic E-state index is 0.0702. The van der Waals surface area contributed by atoms with Gasteiger partial charge in [-0.1, -0.05) is 23.7 Å². The number of imidazole rings is 1. The predicted octanol–water partition coefficient (Wildman–Crippen LogP) is 1.80. The highest BCUT2D eigenvalue weighted by Gasteiger charge is 2.43. The van der Waals surface area contributed by atoms with Crippen LogP contribution in [0, 0.1) is 0 Å². The van der Waals surface area contributed by atoms with E-state index >= 15 is 0 Å². The number of aliphatic hydroxyl groups excluding tert-OH is 1. The van der Waals surface area contributed by atoms with Gasteiger partial charge in [0.05, 0.1) is 26.1 Å². The molecule has 5 nitrogen and oxygen atoms in total. The van der Waals surface area contributed by atoms with Gasteiger partial charge in [0.2, 0.25) is 5.79 Å². The summed E-state index contributed by atoms with van der Waals surface area (Å²) in [5.41, 5.74) is 0.867. The summed E-state index contributed by atoms with van der Waals surface area (Å²) in [5, 5.41) is 9.93. The largest absolute Gasteiger partial charge is 0.394 e. The third-order valence-corrected chi connectivity index (χ3v) is 3.55. The smallest absolute Gasteiger partial charge is 0.214 e. The van der Waals surface area contributed by atoms with Crippen molar-refractivity contribution < 1.29 is 14.6 Å². The molecule has 2 aromatic rings. The second kappa shape index (κ2) is 5.54. The first kappa shape index (κ1) is 13.6. The van der Waals surface area contributed by atoms with Crippen molar-refractivity contribution in [1.29, 1.82) is 0 Å². The number of benzene rings is 1. The first-order chi connectivity index (χ1) is 9.72. The van der Waals surface area contributed by atoms with Gasteiger partial charge in [-0.05, 0) is 12.1 Å². The van der Waals surface area contributed by atoms with Gasteiger partial charge in [-0.2, -0.15) is 0 Å². The van der Waals surface area contributed by atoms with Crippen LogP contribution in [-0.4, -0.2) is 34.0 Å². The van der Waals surface area contributed by atoms with Crippen LogP contribution in [0.1, 0.15) is 5.56 Å². The number of hydrogen-bond donors (Lipinski definition) is 1. The lowest BCUT2D eigenvalue weighted by atomic mass is 10.1. The van der Waals surface area contributed by atoms with Crippen molar-refractivity contribution in [2.24, 2.45) is 0 Å². The quantitative estimate of drug-likeness (QED) is 0.934. The number of rotatable bonds is 4. The van der Waals surface area contributed by atoms with Gasteiger partial charge in [0.15, 0.2) is 0 Å². The molecule has 106 valence electrons. The normalized spacial score (nSPS) is 26.0. The van der Waals surface area contributed by atoms with Crippen molar-refractivity contribution in [3.63, 3.8) is 0 Å². The van der Waals surface area contributed by atoms with Gasteiger partial charge in [-0.25, -0.2) is 4.98 Å². The molecule has 1 saturated heterocycles. The highest BCUT2D eigenvalue weighted by Crippen LogP contribution is 2.36. The zero-order valence-corrected chi connectivity index (χ0v) is 11.5. The zero-order chi connectivity index (χ0) is 14.0. The molecule has 3 rings (SSSR count). The Morgan fingerprint density at radius 2 is 2.20 bits per heavy atom. The summed E-state index contributed by atoms with van der Waals surface area (Å²) >= 11 is 5.93. The van der Waals surface area contributed by atoms with E-state index in [9.17, 15) is 5.11 Å². The molecule has 0 saturated carbocycles. The molecule has 0 amide bonds. The fourth-order valence-electron chi connectivity index (χ4n) is 2.30. The average molecular weight is 295 g/mol. The van der Waals surface area contributed by atoms with E-state index in [4.69, 9.17) is 21.1 Å². The lowest BCUT2D eigenvalue weighted by Crippen LogP contribution is -2.33. The minimum Gasteiger partial charge on any atom is -0.394 e. The Balaban J connectivity index is 1.93. The van der Waals surface area contributed by atoms with Gasteiger partial charge in [0, 0.05) is 23.0 Å². The number of nitrogens with zero attached hydrogens (tertiary/aromatic N) is 2. The standard InChI is InChI=1S/C14H15ClN2O3/c15-12-3-1-11(2-4-12)14(9-17-6-5-16-10-17)19-8-13(7-18)20-14/h1-6,10,13,18H,7-9H2/t13-,14-/m1/s1. The van der Waals surface area contributed by atoms with Gasteiger partial charge in [-0.15, -0.1) is 0 Å². The fourth-order valence-corrected chi connectivity index (χ4v) is 2.43. The lowest BCUT2D eigenvalue weighted by Gasteiger charge is -2.29. The summed E-state index contributed by atoms with van der Waals surface area (Å²) in [4.78, 5) is 4.02. The molecule has 20 heavy (non-hydrogen) atoms. The Hall–Kier alpha value is -1.40. The first-order valence-electron chi connectivity index (χ1n) is 6.36. The summed E-state index contributed by atoms with van der Waals surface area (Å²) in [5.74, 6) is -0.918. The second-order valence-electron chi connectivity index (χ2n) is 4.73. The number of halogens is 1. The first-order valence-corrected chi connectivity index (χ1v) is 6.74. The number of aliphatic hydroxyl groups is 1. The van der Waals surface area contributed by atoms with E-state index < -0.39 is 5.79 Å². The zero-order valence-electron chi connectivity index (χ0n) is 10.8. The molecule has 1 aromatic heterocycles. The molecule has 1 aliphatic heterocycles. The fraction of sp³-hybridized carbons (Fsp3) is 0.357. The topological polar surface area (TPSA) is 56.5 Å². The maximum absolute atomic E-state index is 9.27. The number of hydrogen-bond acceptors (Lipinski definition) is 4. The van der Waals surface area contributed by atoms with E-state index in [1.54, 1.807) is 24.7 Å². The van der Waals surface area contributed by atoms with Gasteiger partial charge in [-0.3, -0.25) is 0 Å². The SMILES string of the molecule is OC[C@@H]1CO[C@@](Cn2ccnc2)(c2ccc(Cl)cc2)O1. The van der Waals surface area contributed by atoms with Crippen LogP contribution in [0.2, 0.25) is 5.02 Å². The van der Waals surface area contributed by atoms with Crippen LogP contribution in [0.15, 0.2) is 43.0 Å². The molecule has 1 N–H and O–H groups in total. The highest BCUT2D eigenvalue weighted by atomic mass is 35.5. The second-order valence-corrected chi connectivity index (χ2v) is 5.16. The molecule has 0 radical (unpaired) electrons. The van der Waals surface area contributed by atoms with Crippen molar-refractivity contribution in [2.45, 2.75) is 18.4 Å². The molecular weight excluding hydrogens is 280 g/mol. The molecule has 1 aliphatic rings. The predicted molar refractivity (Wildman–Crippen MR) is 73.3 cm³/mol. The molecule has 2 heterocycles. The van der Waals surface area contributed by atoms with E-state index in [1.165, 1.54) is 0 Å². The van der Waals surface area contributed by atoms with Gasteiger partial charge >= 0.3 is 0 Å². The summed E-state index contributed by atoms with van der Waals surface area (Å²) in [6.45, 7) is 0.748. The molecule has 2 atom stereocenters. The van der Waals surface area contributed by atoms with Crippen molar-refractivity contribution in [2.75, 3.05) is 13.2 Å². The Morgan fingerprint density at radius 3 is 2.80 bits per heavy atom. The van der Waals surface area contributed by atoms with E-state index in [0.717, 1.165) is 5.56 Å². The van der Waals surface area contributed by atoms with Crippen molar-refractivity contribution in [1.82, 2.24) is 9.55 Å². The van der Waals surface area contributed by atoms with E-state index in [2.05, 4.69) is 4.98 Å². The molecule has 1 fully saturated rings. The van der Waals surface area contributed by atoms with E-state index in [1.807, 2.05) is 22.9 Å². The maximum Gasteiger partial charge on any atom is 0.214 e. The van der Waals surface area contributed by atoms with Crippen LogP contribution in [0.5, 0.6) is 0 Å². The summed E-state index contributed by atoms with van der Waals surface area (Å²) in [6, 6.07) is 7.34. The third kappa shape index (κ3) is 2.58. The van der Waals surface area contributed by atoms with Crippen LogP contribution in [0.25, 0.3) is 0 Å². The van der Waals surface area contributed by atoms with Crippen LogP contribution >= 0.6 is 11.6 Å². The average Bonchev–Trinajstić information content (AvgIpc) is 3.10. The Kier molecular flexibility index (Phi) is 3.76. The highest BCUT2D eigenvalue weighted by molar-refractivity contribution is 6.30. The van der Waals surface area contributed by atoms with Crippen molar-refractivity contribution in [3.8, 4) is 0 Å². The van der Waals surface area contributed by atoms with Crippen molar-refractivity contribution in [3.05, 3.63) is 53.6 Å². The number of aromatic nitrogens is 2. The molecular formula is C14H15ClN2O3. The Labute approximate surface area is 121 Å². The van der Waals surface area contributed by atoms with Gasteiger partial charge in [0.25, 0.3) is 0 Å². The van der Waals surface area contributed by atoms with Crippen LogP contribution < -0.4 is 0 Å². The molecule has 1 aromatic carbocycles. The molecule has 0 spiro atoms.